The highest BCUT2D eigenvalue weighted by atomic mass is 16.4. The number of piperidine rings is 1. The molecule has 1 aliphatic heterocycles. The van der Waals surface area contributed by atoms with Crippen molar-refractivity contribution in [1.29, 1.82) is 0 Å². The van der Waals surface area contributed by atoms with E-state index in [0.717, 1.165) is 32.4 Å². The third kappa shape index (κ3) is 3.27. The maximum atomic E-state index is 10.8. The monoisotopic (exact) mass is 200 g/mol. The fraction of sp³-hybridized carbons (Fsp3) is 0.900. The molecule has 82 valence electrons. The maximum Gasteiger partial charge on any atom is 0.320 e. The van der Waals surface area contributed by atoms with Crippen LogP contribution in [0.15, 0.2) is 0 Å². The van der Waals surface area contributed by atoms with Crippen LogP contribution in [0.3, 0.4) is 0 Å². The predicted molar refractivity (Wildman–Crippen MR) is 55.3 cm³/mol. The van der Waals surface area contributed by atoms with Gasteiger partial charge in [0.15, 0.2) is 0 Å². The molecule has 1 saturated heterocycles. The van der Waals surface area contributed by atoms with Crippen molar-refractivity contribution in [3.63, 3.8) is 0 Å². The van der Waals surface area contributed by atoms with Crippen LogP contribution < -0.4 is 5.32 Å². The minimum absolute atomic E-state index is 0.372. The Morgan fingerprint density at radius 1 is 1.57 bits per heavy atom. The number of carbonyl (C=O) groups is 1. The van der Waals surface area contributed by atoms with Crippen molar-refractivity contribution in [2.24, 2.45) is 5.92 Å². The zero-order valence-corrected chi connectivity index (χ0v) is 8.99. The summed E-state index contributed by atoms with van der Waals surface area (Å²) < 4.78 is 0. The Morgan fingerprint density at radius 3 is 2.57 bits per heavy atom. The fourth-order valence-corrected chi connectivity index (χ4v) is 1.97. The van der Waals surface area contributed by atoms with E-state index in [-0.39, 0.29) is 6.04 Å². The van der Waals surface area contributed by atoms with Crippen molar-refractivity contribution in [3.8, 4) is 0 Å². The summed E-state index contributed by atoms with van der Waals surface area (Å²) in [6.07, 6.45) is 3.02. The van der Waals surface area contributed by atoms with E-state index in [4.69, 9.17) is 5.11 Å². The SMILES string of the molecule is CNC(CC1CCN(C)CC1)C(=O)O. The lowest BCUT2D eigenvalue weighted by molar-refractivity contribution is -0.139. The van der Waals surface area contributed by atoms with Gasteiger partial charge in [-0.15, -0.1) is 0 Å². The molecule has 1 heterocycles. The van der Waals surface area contributed by atoms with Crippen molar-refractivity contribution < 1.29 is 9.90 Å². The first-order chi connectivity index (χ1) is 6.63. The van der Waals surface area contributed by atoms with Crippen LogP contribution >= 0.6 is 0 Å². The van der Waals surface area contributed by atoms with Gasteiger partial charge in [-0.05, 0) is 52.4 Å². The van der Waals surface area contributed by atoms with Gasteiger partial charge in [-0.2, -0.15) is 0 Å². The Bertz CT molecular complexity index is 189. The number of hydrogen-bond donors (Lipinski definition) is 2. The van der Waals surface area contributed by atoms with Crippen LogP contribution in [0.4, 0.5) is 0 Å². The van der Waals surface area contributed by atoms with Crippen LogP contribution in [-0.2, 0) is 4.79 Å². The second-order valence-electron chi connectivity index (χ2n) is 4.16. The minimum Gasteiger partial charge on any atom is -0.480 e. The first kappa shape index (κ1) is 11.5. The summed E-state index contributed by atoms with van der Waals surface area (Å²) in [7, 11) is 3.83. The maximum absolute atomic E-state index is 10.8. The molecule has 0 saturated carbocycles. The second kappa shape index (κ2) is 5.32. The smallest absolute Gasteiger partial charge is 0.320 e. The summed E-state index contributed by atoms with van der Waals surface area (Å²) in [6, 6.07) is -0.372. The highest BCUT2D eigenvalue weighted by molar-refractivity contribution is 5.73. The molecule has 1 fully saturated rings. The van der Waals surface area contributed by atoms with E-state index in [1.165, 1.54) is 0 Å². The number of rotatable bonds is 4. The lowest BCUT2D eigenvalue weighted by Gasteiger charge is -2.30. The summed E-state index contributed by atoms with van der Waals surface area (Å²) in [5.74, 6) is -0.161. The fourth-order valence-electron chi connectivity index (χ4n) is 1.97. The molecule has 0 amide bonds. The zero-order chi connectivity index (χ0) is 10.6. The van der Waals surface area contributed by atoms with Crippen molar-refractivity contribution in [2.45, 2.75) is 25.3 Å². The molecular formula is C10H20N2O2. The summed E-state index contributed by atoms with van der Waals surface area (Å²) in [4.78, 5) is 13.1. The molecule has 0 aromatic heterocycles. The Hall–Kier alpha value is -0.610. The van der Waals surface area contributed by atoms with E-state index in [0.29, 0.717) is 5.92 Å². The van der Waals surface area contributed by atoms with Gasteiger partial charge in [0.25, 0.3) is 0 Å². The summed E-state index contributed by atoms with van der Waals surface area (Å²) in [6.45, 7) is 2.20. The van der Waals surface area contributed by atoms with E-state index >= 15 is 0 Å². The summed E-state index contributed by atoms with van der Waals surface area (Å²) in [5.41, 5.74) is 0. The molecule has 4 nitrogen and oxygen atoms in total. The van der Waals surface area contributed by atoms with Crippen molar-refractivity contribution >= 4 is 5.97 Å². The molecule has 0 spiro atoms. The van der Waals surface area contributed by atoms with Crippen LogP contribution in [0, 0.1) is 5.92 Å². The number of likely N-dealkylation sites (N-methyl/N-ethyl adjacent to an activating group) is 1. The highest BCUT2D eigenvalue weighted by Crippen LogP contribution is 2.20. The molecule has 4 heteroatoms. The van der Waals surface area contributed by atoms with Crippen LogP contribution in [0.25, 0.3) is 0 Å². The van der Waals surface area contributed by atoms with Gasteiger partial charge in [-0.3, -0.25) is 4.79 Å². The molecule has 0 bridgehead atoms. The number of hydrogen-bond acceptors (Lipinski definition) is 3. The number of aliphatic carboxylic acids is 1. The topological polar surface area (TPSA) is 52.6 Å². The average Bonchev–Trinajstić information content (AvgIpc) is 2.16. The molecule has 1 atom stereocenters. The number of nitrogens with one attached hydrogen (secondary N) is 1. The molecule has 1 rings (SSSR count). The Kier molecular flexibility index (Phi) is 4.35. The molecule has 0 aromatic carbocycles. The first-order valence-electron chi connectivity index (χ1n) is 5.22. The number of carboxylic acid groups (broad SMARTS) is 1. The van der Waals surface area contributed by atoms with Gasteiger partial charge >= 0.3 is 5.97 Å². The molecule has 1 unspecified atom stereocenters. The van der Waals surface area contributed by atoms with Crippen LogP contribution in [0.5, 0.6) is 0 Å². The van der Waals surface area contributed by atoms with E-state index < -0.39 is 5.97 Å². The van der Waals surface area contributed by atoms with Gasteiger partial charge in [0, 0.05) is 0 Å². The molecule has 1 aliphatic rings. The number of carboxylic acids is 1. The molecule has 0 aliphatic carbocycles. The van der Waals surface area contributed by atoms with Gasteiger partial charge in [0.1, 0.15) is 6.04 Å². The normalized spacial score (nSPS) is 22.1. The quantitative estimate of drug-likeness (QED) is 0.689. The standard InChI is InChI=1S/C10H20N2O2/c1-11-9(10(13)14)7-8-3-5-12(2)6-4-8/h8-9,11H,3-7H2,1-2H3,(H,13,14). The van der Waals surface area contributed by atoms with Crippen molar-refractivity contribution in [3.05, 3.63) is 0 Å². The van der Waals surface area contributed by atoms with E-state index in [9.17, 15) is 4.79 Å². The largest absolute Gasteiger partial charge is 0.480 e. The number of likely N-dealkylation sites (tertiary alicyclic amines) is 1. The first-order valence-corrected chi connectivity index (χ1v) is 5.22. The second-order valence-corrected chi connectivity index (χ2v) is 4.16. The van der Waals surface area contributed by atoms with Gasteiger partial charge in [0.05, 0.1) is 0 Å². The van der Waals surface area contributed by atoms with Crippen molar-refractivity contribution in [1.82, 2.24) is 10.2 Å². The highest BCUT2D eigenvalue weighted by Gasteiger charge is 2.23. The lowest BCUT2D eigenvalue weighted by Crippen LogP contribution is -2.38. The third-order valence-corrected chi connectivity index (χ3v) is 3.05. The van der Waals surface area contributed by atoms with Crippen LogP contribution in [-0.4, -0.2) is 49.2 Å². The molecule has 0 radical (unpaired) electrons. The van der Waals surface area contributed by atoms with Crippen LogP contribution in [0.2, 0.25) is 0 Å². The molecule has 14 heavy (non-hydrogen) atoms. The Balaban J connectivity index is 2.32. The van der Waals surface area contributed by atoms with Crippen molar-refractivity contribution in [2.75, 3.05) is 27.2 Å². The van der Waals surface area contributed by atoms with Gasteiger partial charge < -0.3 is 15.3 Å². The Labute approximate surface area is 85.3 Å². The van der Waals surface area contributed by atoms with E-state index in [1.807, 2.05) is 0 Å². The Morgan fingerprint density at radius 2 is 2.14 bits per heavy atom. The molecular weight excluding hydrogens is 180 g/mol. The molecule has 2 N–H and O–H groups in total. The van der Waals surface area contributed by atoms with Gasteiger partial charge in [-0.25, -0.2) is 0 Å². The molecule has 0 aromatic rings. The zero-order valence-electron chi connectivity index (χ0n) is 8.99. The van der Waals surface area contributed by atoms with Gasteiger partial charge in [-0.1, -0.05) is 0 Å². The van der Waals surface area contributed by atoms with E-state index in [1.54, 1.807) is 7.05 Å². The van der Waals surface area contributed by atoms with Gasteiger partial charge in [0.2, 0.25) is 0 Å². The minimum atomic E-state index is -0.730. The summed E-state index contributed by atoms with van der Waals surface area (Å²) >= 11 is 0. The van der Waals surface area contributed by atoms with E-state index in [2.05, 4.69) is 17.3 Å². The third-order valence-electron chi connectivity index (χ3n) is 3.05. The predicted octanol–water partition coefficient (Wildman–Crippen LogP) is 0.391. The lowest BCUT2D eigenvalue weighted by atomic mass is 9.90. The summed E-state index contributed by atoms with van der Waals surface area (Å²) in [5, 5.41) is 11.7. The number of nitrogens with zero attached hydrogens (tertiary/aromatic N) is 1. The average molecular weight is 200 g/mol. The van der Waals surface area contributed by atoms with Crippen LogP contribution in [0.1, 0.15) is 19.3 Å².